The van der Waals surface area contributed by atoms with Crippen molar-refractivity contribution in [2.45, 2.75) is 25.4 Å². The first-order valence-corrected chi connectivity index (χ1v) is 9.66. The maximum Gasteiger partial charge on any atom is 0.222 e. The van der Waals surface area contributed by atoms with E-state index in [9.17, 15) is 9.59 Å². The Kier molecular flexibility index (Phi) is 7.82. The zero-order valence-corrected chi connectivity index (χ0v) is 17.0. The molecule has 0 fully saturated rings. The lowest BCUT2D eigenvalue weighted by atomic mass is 10.0. The van der Waals surface area contributed by atoms with Crippen LogP contribution in [0.2, 0.25) is 0 Å². The van der Waals surface area contributed by atoms with Crippen molar-refractivity contribution in [2.75, 3.05) is 27.7 Å². The van der Waals surface area contributed by atoms with Crippen molar-refractivity contribution in [1.29, 1.82) is 0 Å². The van der Waals surface area contributed by atoms with Crippen molar-refractivity contribution in [1.82, 2.24) is 15.5 Å². The fraction of sp³-hybridized carbons (Fsp3) is 0.400. The van der Waals surface area contributed by atoms with Crippen LogP contribution in [0.5, 0.6) is 5.75 Å². The van der Waals surface area contributed by atoms with Gasteiger partial charge in [0.1, 0.15) is 5.75 Å². The molecule has 7 heteroatoms. The molecule has 0 spiro atoms. The van der Waals surface area contributed by atoms with Crippen molar-refractivity contribution in [3.8, 4) is 5.75 Å². The van der Waals surface area contributed by atoms with Gasteiger partial charge in [0.2, 0.25) is 11.8 Å². The van der Waals surface area contributed by atoms with Crippen molar-refractivity contribution >= 4 is 23.2 Å². The molecular weight excluding hydrogens is 362 g/mol. The third-order valence-electron chi connectivity index (χ3n) is 4.27. The van der Waals surface area contributed by atoms with Gasteiger partial charge in [-0.25, -0.2) is 0 Å². The molecule has 2 amide bonds. The summed E-state index contributed by atoms with van der Waals surface area (Å²) in [6.07, 6.45) is 0.177. The SMILES string of the molecule is COc1ccc(C(CC(=O)NCC(c2cccs2)N(C)C)NC(C)=O)cc1. The largest absolute Gasteiger partial charge is 0.497 e. The Morgan fingerprint density at radius 3 is 2.41 bits per heavy atom. The van der Waals surface area contributed by atoms with Gasteiger partial charge in [0.15, 0.2) is 0 Å². The summed E-state index contributed by atoms with van der Waals surface area (Å²) >= 11 is 1.67. The van der Waals surface area contributed by atoms with Crippen LogP contribution in [0.15, 0.2) is 41.8 Å². The van der Waals surface area contributed by atoms with E-state index in [0.29, 0.717) is 6.54 Å². The minimum Gasteiger partial charge on any atom is -0.497 e. The lowest BCUT2D eigenvalue weighted by Crippen LogP contribution is -2.37. The highest BCUT2D eigenvalue weighted by Crippen LogP contribution is 2.23. The molecule has 1 heterocycles. The molecule has 0 saturated heterocycles. The Morgan fingerprint density at radius 2 is 1.89 bits per heavy atom. The Hall–Kier alpha value is -2.38. The Balaban J connectivity index is 2.01. The molecule has 1 aromatic carbocycles. The average Bonchev–Trinajstić information content (AvgIpc) is 3.15. The summed E-state index contributed by atoms with van der Waals surface area (Å²) in [7, 11) is 5.59. The molecule has 0 aliphatic rings. The molecule has 0 aliphatic heterocycles. The number of likely N-dealkylation sites (N-methyl/N-ethyl adjacent to an activating group) is 1. The number of methoxy groups -OCH3 is 1. The molecule has 0 radical (unpaired) electrons. The van der Waals surface area contributed by atoms with E-state index in [1.165, 1.54) is 11.8 Å². The summed E-state index contributed by atoms with van der Waals surface area (Å²) in [6, 6.07) is 11.2. The topological polar surface area (TPSA) is 70.7 Å². The summed E-state index contributed by atoms with van der Waals surface area (Å²) in [6.45, 7) is 1.97. The minimum atomic E-state index is -0.382. The number of thiophene rings is 1. The van der Waals surface area contributed by atoms with Crippen LogP contribution >= 0.6 is 11.3 Å². The fourth-order valence-electron chi connectivity index (χ4n) is 2.82. The maximum atomic E-state index is 12.5. The number of hydrogen-bond acceptors (Lipinski definition) is 5. The number of amides is 2. The highest BCUT2D eigenvalue weighted by Gasteiger charge is 2.20. The summed E-state index contributed by atoms with van der Waals surface area (Å²) in [4.78, 5) is 27.4. The van der Waals surface area contributed by atoms with Gasteiger partial charge in [-0.1, -0.05) is 18.2 Å². The van der Waals surface area contributed by atoms with Crippen LogP contribution in [-0.2, 0) is 9.59 Å². The molecular formula is C20H27N3O3S. The van der Waals surface area contributed by atoms with Crippen molar-refractivity contribution < 1.29 is 14.3 Å². The first kappa shape index (κ1) is 20.9. The van der Waals surface area contributed by atoms with Gasteiger partial charge in [0.25, 0.3) is 0 Å². The standard InChI is InChI=1S/C20H27N3O3S/c1-14(24)22-17(15-7-9-16(26-4)10-8-15)12-20(25)21-13-18(23(2)3)19-6-5-11-27-19/h5-11,17-18H,12-13H2,1-4H3,(H,21,25)(H,22,24). The van der Waals surface area contributed by atoms with Gasteiger partial charge in [-0.2, -0.15) is 0 Å². The quantitative estimate of drug-likeness (QED) is 0.692. The van der Waals surface area contributed by atoms with Crippen molar-refractivity contribution in [3.05, 3.63) is 52.2 Å². The summed E-state index contributed by atoms with van der Waals surface area (Å²) < 4.78 is 5.16. The molecule has 0 aliphatic carbocycles. The van der Waals surface area contributed by atoms with Crippen LogP contribution in [0.4, 0.5) is 0 Å². The van der Waals surface area contributed by atoms with E-state index in [-0.39, 0.29) is 30.3 Å². The number of nitrogens with zero attached hydrogens (tertiary/aromatic N) is 1. The Morgan fingerprint density at radius 1 is 1.19 bits per heavy atom. The fourth-order valence-corrected chi connectivity index (χ4v) is 3.74. The number of benzene rings is 1. The molecule has 0 saturated carbocycles. The van der Waals surface area contributed by atoms with Gasteiger partial charge < -0.3 is 20.3 Å². The van der Waals surface area contributed by atoms with Gasteiger partial charge in [0.05, 0.1) is 25.6 Å². The van der Waals surface area contributed by atoms with Crippen LogP contribution in [0, 0.1) is 0 Å². The molecule has 2 rings (SSSR count). The third-order valence-corrected chi connectivity index (χ3v) is 5.25. The van der Waals surface area contributed by atoms with Crippen LogP contribution < -0.4 is 15.4 Å². The number of ether oxygens (including phenoxy) is 1. The van der Waals surface area contributed by atoms with Crippen LogP contribution in [0.25, 0.3) is 0 Å². The van der Waals surface area contributed by atoms with Crippen LogP contribution in [0.3, 0.4) is 0 Å². The average molecular weight is 390 g/mol. The van der Waals surface area contributed by atoms with Gasteiger partial charge in [-0.05, 0) is 43.2 Å². The predicted octanol–water partition coefficient (Wildman–Crippen LogP) is 2.74. The van der Waals surface area contributed by atoms with E-state index >= 15 is 0 Å². The molecule has 2 atom stereocenters. The highest BCUT2D eigenvalue weighted by atomic mass is 32.1. The van der Waals surface area contributed by atoms with E-state index in [1.54, 1.807) is 18.4 Å². The van der Waals surface area contributed by atoms with Gasteiger partial charge in [0, 0.05) is 18.3 Å². The summed E-state index contributed by atoms with van der Waals surface area (Å²) in [5, 5.41) is 7.88. The second-order valence-electron chi connectivity index (χ2n) is 6.53. The van der Waals surface area contributed by atoms with Gasteiger partial charge in [-0.15, -0.1) is 11.3 Å². The second-order valence-corrected chi connectivity index (χ2v) is 7.51. The minimum absolute atomic E-state index is 0.104. The third kappa shape index (κ3) is 6.37. The second kappa shape index (κ2) is 10.1. The molecule has 2 N–H and O–H groups in total. The Bertz CT molecular complexity index is 729. The van der Waals surface area contributed by atoms with Gasteiger partial charge in [-0.3, -0.25) is 9.59 Å². The van der Waals surface area contributed by atoms with E-state index in [2.05, 4.69) is 21.6 Å². The van der Waals surface area contributed by atoms with E-state index in [1.807, 2.05) is 49.8 Å². The predicted molar refractivity (Wildman–Crippen MR) is 108 cm³/mol. The van der Waals surface area contributed by atoms with E-state index in [4.69, 9.17) is 4.74 Å². The molecule has 6 nitrogen and oxygen atoms in total. The number of hydrogen-bond donors (Lipinski definition) is 2. The number of rotatable bonds is 9. The lowest BCUT2D eigenvalue weighted by Gasteiger charge is -2.24. The van der Waals surface area contributed by atoms with Crippen molar-refractivity contribution in [3.63, 3.8) is 0 Å². The number of nitrogens with one attached hydrogen (secondary N) is 2. The lowest BCUT2D eigenvalue weighted by molar-refractivity contribution is -0.123. The zero-order valence-electron chi connectivity index (χ0n) is 16.2. The molecule has 146 valence electrons. The van der Waals surface area contributed by atoms with E-state index in [0.717, 1.165) is 11.3 Å². The number of carbonyl (C=O) groups excluding carboxylic acids is 2. The maximum absolute atomic E-state index is 12.5. The molecule has 0 bridgehead atoms. The molecule has 27 heavy (non-hydrogen) atoms. The molecule has 2 unspecified atom stereocenters. The van der Waals surface area contributed by atoms with E-state index < -0.39 is 0 Å². The first-order chi connectivity index (χ1) is 12.9. The number of carbonyl (C=O) groups is 2. The van der Waals surface area contributed by atoms with Gasteiger partial charge >= 0.3 is 0 Å². The highest BCUT2D eigenvalue weighted by molar-refractivity contribution is 7.10. The van der Waals surface area contributed by atoms with Crippen LogP contribution in [-0.4, -0.2) is 44.5 Å². The molecule has 1 aromatic heterocycles. The molecule has 2 aromatic rings. The summed E-state index contributed by atoms with van der Waals surface area (Å²) in [5.41, 5.74) is 0.864. The monoisotopic (exact) mass is 389 g/mol. The normalized spacial score (nSPS) is 13.1. The zero-order chi connectivity index (χ0) is 19.8. The Labute approximate surface area is 164 Å². The summed E-state index contributed by atoms with van der Waals surface area (Å²) in [5.74, 6) is 0.455. The smallest absolute Gasteiger partial charge is 0.222 e. The van der Waals surface area contributed by atoms with Crippen molar-refractivity contribution in [2.24, 2.45) is 0 Å². The van der Waals surface area contributed by atoms with Crippen LogP contribution in [0.1, 0.15) is 35.9 Å². The first-order valence-electron chi connectivity index (χ1n) is 8.78.